The molecule has 0 spiro atoms. The van der Waals surface area contributed by atoms with Gasteiger partial charge in [-0.3, -0.25) is 0 Å². The number of aromatic nitrogens is 2. The van der Waals surface area contributed by atoms with Crippen LogP contribution in [0.5, 0.6) is 0 Å². The first-order valence-electron chi connectivity index (χ1n) is 8.74. The number of rotatable bonds is 6. The van der Waals surface area contributed by atoms with Gasteiger partial charge in [-0.2, -0.15) is 4.98 Å². The molecule has 0 radical (unpaired) electrons. The van der Waals surface area contributed by atoms with Crippen LogP contribution in [0.15, 0.2) is 42.6 Å². The van der Waals surface area contributed by atoms with E-state index in [1.54, 1.807) is 0 Å². The van der Waals surface area contributed by atoms with Gasteiger partial charge in [0.15, 0.2) is 0 Å². The zero-order valence-electron chi connectivity index (χ0n) is 14.7. The zero-order chi connectivity index (χ0) is 16.8. The van der Waals surface area contributed by atoms with Gasteiger partial charge in [-0.15, -0.1) is 0 Å². The van der Waals surface area contributed by atoms with Crippen LogP contribution in [0.3, 0.4) is 0 Å². The number of hydrogen-bond acceptors (Lipinski definition) is 5. The summed E-state index contributed by atoms with van der Waals surface area (Å²) >= 11 is 0. The van der Waals surface area contributed by atoms with Gasteiger partial charge in [0, 0.05) is 39.4 Å². The van der Waals surface area contributed by atoms with Gasteiger partial charge in [-0.25, -0.2) is 4.98 Å². The summed E-state index contributed by atoms with van der Waals surface area (Å²) in [6, 6.07) is 13.1. The lowest BCUT2D eigenvalue weighted by atomic mass is 10.0. The van der Waals surface area contributed by atoms with Crippen molar-refractivity contribution in [2.45, 2.75) is 25.3 Å². The molecule has 0 amide bonds. The molecule has 1 aliphatic heterocycles. The SMILES string of the molecule is CN(C)c1nccc(NC2CCCN(CCc3ccccc3)C2)n1. The monoisotopic (exact) mass is 325 g/mol. The van der Waals surface area contributed by atoms with Crippen LogP contribution in [-0.2, 0) is 6.42 Å². The average molecular weight is 325 g/mol. The first-order valence-corrected chi connectivity index (χ1v) is 8.74. The molecule has 1 aromatic carbocycles. The first-order chi connectivity index (χ1) is 11.7. The van der Waals surface area contributed by atoms with Gasteiger partial charge in [0.25, 0.3) is 0 Å². The number of nitrogens with one attached hydrogen (secondary N) is 1. The maximum absolute atomic E-state index is 4.57. The number of likely N-dealkylation sites (tertiary alicyclic amines) is 1. The molecule has 5 heteroatoms. The predicted octanol–water partition coefficient (Wildman–Crippen LogP) is 2.66. The third kappa shape index (κ3) is 4.68. The summed E-state index contributed by atoms with van der Waals surface area (Å²) in [4.78, 5) is 13.3. The third-order valence-corrected chi connectivity index (χ3v) is 4.46. The van der Waals surface area contributed by atoms with Gasteiger partial charge in [0.1, 0.15) is 5.82 Å². The van der Waals surface area contributed by atoms with Crippen LogP contribution in [0.1, 0.15) is 18.4 Å². The zero-order valence-corrected chi connectivity index (χ0v) is 14.7. The van der Waals surface area contributed by atoms with E-state index in [-0.39, 0.29) is 0 Å². The molecule has 1 N–H and O–H groups in total. The number of anilines is 2. The largest absolute Gasteiger partial charge is 0.366 e. The number of hydrogen-bond donors (Lipinski definition) is 1. The highest BCUT2D eigenvalue weighted by Gasteiger charge is 2.20. The van der Waals surface area contributed by atoms with Crippen molar-refractivity contribution < 1.29 is 0 Å². The molecule has 1 fully saturated rings. The van der Waals surface area contributed by atoms with E-state index in [9.17, 15) is 0 Å². The number of benzene rings is 1. The van der Waals surface area contributed by atoms with Crippen molar-refractivity contribution in [1.82, 2.24) is 14.9 Å². The Morgan fingerprint density at radius 2 is 2.04 bits per heavy atom. The van der Waals surface area contributed by atoms with Crippen LogP contribution >= 0.6 is 0 Å². The summed E-state index contributed by atoms with van der Waals surface area (Å²) in [5, 5.41) is 3.58. The molecule has 1 aromatic heterocycles. The van der Waals surface area contributed by atoms with Crippen molar-refractivity contribution in [3.05, 3.63) is 48.2 Å². The Labute approximate surface area is 144 Å². The fourth-order valence-corrected chi connectivity index (χ4v) is 3.16. The highest BCUT2D eigenvalue weighted by molar-refractivity contribution is 5.41. The molecule has 24 heavy (non-hydrogen) atoms. The van der Waals surface area contributed by atoms with Crippen LogP contribution < -0.4 is 10.2 Å². The van der Waals surface area contributed by atoms with E-state index in [2.05, 4.69) is 50.5 Å². The molecular formula is C19H27N5. The first kappa shape index (κ1) is 16.7. The molecule has 3 rings (SSSR count). The molecule has 0 saturated carbocycles. The lowest BCUT2D eigenvalue weighted by Gasteiger charge is -2.33. The second-order valence-electron chi connectivity index (χ2n) is 6.66. The molecule has 1 atom stereocenters. The van der Waals surface area contributed by atoms with Crippen LogP contribution in [0.2, 0.25) is 0 Å². The van der Waals surface area contributed by atoms with Gasteiger partial charge in [0.2, 0.25) is 5.95 Å². The molecule has 1 aliphatic rings. The summed E-state index contributed by atoms with van der Waals surface area (Å²) in [5.41, 5.74) is 1.42. The van der Waals surface area contributed by atoms with Crippen molar-refractivity contribution >= 4 is 11.8 Å². The smallest absolute Gasteiger partial charge is 0.226 e. The van der Waals surface area contributed by atoms with E-state index in [0.29, 0.717) is 6.04 Å². The van der Waals surface area contributed by atoms with Crippen LogP contribution in [0.4, 0.5) is 11.8 Å². The Bertz CT molecular complexity index is 629. The van der Waals surface area contributed by atoms with E-state index < -0.39 is 0 Å². The van der Waals surface area contributed by atoms with Gasteiger partial charge in [0.05, 0.1) is 0 Å². The second-order valence-corrected chi connectivity index (χ2v) is 6.66. The van der Waals surface area contributed by atoms with E-state index in [1.165, 1.54) is 24.9 Å². The molecule has 0 bridgehead atoms. The quantitative estimate of drug-likeness (QED) is 0.884. The summed E-state index contributed by atoms with van der Waals surface area (Å²) in [5.74, 6) is 1.67. The van der Waals surface area contributed by atoms with E-state index >= 15 is 0 Å². The highest BCUT2D eigenvalue weighted by Crippen LogP contribution is 2.16. The number of nitrogens with zero attached hydrogens (tertiary/aromatic N) is 4. The molecule has 2 heterocycles. The Kier molecular flexibility index (Phi) is 5.64. The van der Waals surface area contributed by atoms with Crippen molar-refractivity contribution in [3.8, 4) is 0 Å². The van der Waals surface area contributed by atoms with Crippen molar-refractivity contribution in [3.63, 3.8) is 0 Å². The minimum atomic E-state index is 0.458. The highest BCUT2D eigenvalue weighted by atomic mass is 15.2. The minimum Gasteiger partial charge on any atom is -0.366 e. The molecule has 5 nitrogen and oxygen atoms in total. The molecule has 1 saturated heterocycles. The predicted molar refractivity (Wildman–Crippen MR) is 99.6 cm³/mol. The van der Waals surface area contributed by atoms with Gasteiger partial charge in [-0.05, 0) is 37.4 Å². The molecule has 0 aliphatic carbocycles. The maximum Gasteiger partial charge on any atom is 0.226 e. The van der Waals surface area contributed by atoms with Crippen LogP contribution in [0.25, 0.3) is 0 Å². The Morgan fingerprint density at radius 3 is 2.83 bits per heavy atom. The Morgan fingerprint density at radius 1 is 1.21 bits per heavy atom. The van der Waals surface area contributed by atoms with Gasteiger partial charge >= 0.3 is 0 Å². The normalized spacial score (nSPS) is 18.3. The lowest BCUT2D eigenvalue weighted by Crippen LogP contribution is -2.43. The van der Waals surface area contributed by atoms with E-state index in [1.807, 2.05) is 31.3 Å². The van der Waals surface area contributed by atoms with E-state index in [4.69, 9.17) is 0 Å². The number of piperidine rings is 1. The lowest BCUT2D eigenvalue weighted by molar-refractivity contribution is 0.218. The van der Waals surface area contributed by atoms with Gasteiger partial charge in [-0.1, -0.05) is 30.3 Å². The summed E-state index contributed by atoms with van der Waals surface area (Å²) < 4.78 is 0. The maximum atomic E-state index is 4.57. The molecule has 128 valence electrons. The molecular weight excluding hydrogens is 298 g/mol. The van der Waals surface area contributed by atoms with Crippen molar-refractivity contribution in [2.24, 2.45) is 0 Å². The average Bonchev–Trinajstić information content (AvgIpc) is 2.61. The Hall–Kier alpha value is -2.14. The van der Waals surface area contributed by atoms with Crippen LogP contribution in [-0.4, -0.2) is 54.6 Å². The standard InChI is InChI=1S/C19H27N5/c1-23(2)19-20-12-10-18(22-19)21-17-9-6-13-24(15-17)14-11-16-7-4-3-5-8-16/h3-5,7-8,10,12,17H,6,9,11,13-15H2,1-2H3,(H,20,21,22). The topological polar surface area (TPSA) is 44.3 Å². The molecule has 2 aromatic rings. The second kappa shape index (κ2) is 8.11. The van der Waals surface area contributed by atoms with Crippen LogP contribution in [0, 0.1) is 0 Å². The van der Waals surface area contributed by atoms with E-state index in [0.717, 1.165) is 31.3 Å². The molecule has 1 unspecified atom stereocenters. The van der Waals surface area contributed by atoms with Crippen molar-refractivity contribution in [2.75, 3.05) is 43.9 Å². The third-order valence-electron chi connectivity index (χ3n) is 4.46. The minimum absolute atomic E-state index is 0.458. The summed E-state index contributed by atoms with van der Waals surface area (Å²) in [7, 11) is 3.93. The van der Waals surface area contributed by atoms with Crippen molar-refractivity contribution in [1.29, 1.82) is 0 Å². The summed E-state index contributed by atoms with van der Waals surface area (Å²) in [6.07, 6.45) is 5.37. The Balaban J connectivity index is 1.53. The van der Waals surface area contributed by atoms with Gasteiger partial charge < -0.3 is 15.1 Å². The fourth-order valence-electron chi connectivity index (χ4n) is 3.16. The summed E-state index contributed by atoms with van der Waals surface area (Å²) in [6.45, 7) is 3.39. The fraction of sp³-hybridized carbons (Fsp3) is 0.474.